The summed E-state index contributed by atoms with van der Waals surface area (Å²) in [6, 6.07) is 11.2. The molecule has 1 aliphatic rings. The van der Waals surface area contributed by atoms with Crippen LogP contribution in [0.2, 0.25) is 0 Å². The van der Waals surface area contributed by atoms with E-state index in [0.29, 0.717) is 29.8 Å². The summed E-state index contributed by atoms with van der Waals surface area (Å²) >= 11 is 0. The minimum Gasteiger partial charge on any atom is -0.502 e. The van der Waals surface area contributed by atoms with Crippen LogP contribution in [0, 0.1) is 5.82 Å². The Kier molecular flexibility index (Phi) is 13.4. The van der Waals surface area contributed by atoms with Gasteiger partial charge in [0.2, 0.25) is 11.7 Å². The number of halogens is 1. The van der Waals surface area contributed by atoms with Gasteiger partial charge in [0.05, 0.1) is 20.8 Å². The second-order valence-corrected chi connectivity index (χ2v) is 11.1. The first-order chi connectivity index (χ1) is 22.2. The van der Waals surface area contributed by atoms with Gasteiger partial charge in [-0.15, -0.1) is 0 Å². The Labute approximate surface area is 278 Å². The molecule has 0 fully saturated rings. The van der Waals surface area contributed by atoms with Crippen LogP contribution in [-0.4, -0.2) is 42.4 Å². The van der Waals surface area contributed by atoms with Gasteiger partial charge in [-0.05, 0) is 102 Å². The van der Waals surface area contributed by atoms with E-state index in [0.717, 1.165) is 40.8 Å². The normalized spacial score (nSPS) is 14.5. The lowest BCUT2D eigenvalue weighted by molar-refractivity contribution is -0.121. The van der Waals surface area contributed by atoms with Gasteiger partial charge in [-0.1, -0.05) is 57.2 Å². The number of phenols is 1. The van der Waals surface area contributed by atoms with Crippen LogP contribution in [0.4, 0.5) is 4.39 Å². The van der Waals surface area contributed by atoms with Crippen LogP contribution in [0.1, 0.15) is 63.4 Å². The van der Waals surface area contributed by atoms with Crippen LogP contribution in [0.3, 0.4) is 0 Å². The molecule has 1 aliphatic carbocycles. The molecule has 1 aromatic heterocycles. The number of nitrogens with one attached hydrogen (secondary N) is 2. The number of unbranched alkanes of at least 4 members (excludes halogenated alkanes) is 1. The van der Waals surface area contributed by atoms with Gasteiger partial charge in [-0.25, -0.2) is 4.39 Å². The molecule has 47 heavy (non-hydrogen) atoms. The van der Waals surface area contributed by atoms with Crippen molar-refractivity contribution in [3.63, 3.8) is 0 Å². The summed E-state index contributed by atoms with van der Waals surface area (Å²) in [7, 11) is 4.88. The van der Waals surface area contributed by atoms with E-state index in [-0.39, 0.29) is 30.6 Å². The minimum absolute atomic E-state index is 0. The molecule has 3 aromatic rings. The third kappa shape index (κ3) is 8.71. The third-order valence-electron chi connectivity index (χ3n) is 8.12. The standard InChI is InChI=1S/C38H44FN3O4.CH4/c1-7-9-10-11-12-14-26(8-2)23-40-36(38(44)41-24-29-15-13-18-42(29)4)35-25(3)31(30-17-16-28(39)22-32(30)35)19-27-20-33(45-5)37(43)34(21-27)46-6;/h8,10-22,36,40,43H,7,9,23-24H2,1-6H3,(H,41,44);1H4/b11-10+,14-12-,26-8+,31-19-;. The number of allylic oxidation sites excluding steroid dienone is 6. The number of aromatic hydroxyl groups is 1. The van der Waals surface area contributed by atoms with E-state index in [1.807, 2.05) is 74.2 Å². The van der Waals surface area contributed by atoms with Crippen LogP contribution < -0.4 is 20.1 Å². The molecule has 1 atom stereocenters. The highest BCUT2D eigenvalue weighted by Gasteiger charge is 2.33. The number of carbonyl (C=O) groups excluding carboxylic acids is 1. The number of methoxy groups -OCH3 is 2. The number of aromatic nitrogens is 1. The predicted octanol–water partition coefficient (Wildman–Crippen LogP) is 7.98. The molecule has 7 nitrogen and oxygen atoms in total. The molecule has 8 heteroatoms. The Morgan fingerprint density at radius 3 is 2.43 bits per heavy atom. The van der Waals surface area contributed by atoms with Crippen molar-refractivity contribution in [2.45, 2.75) is 53.6 Å². The van der Waals surface area contributed by atoms with Crippen LogP contribution in [0.25, 0.3) is 17.2 Å². The molecule has 0 aliphatic heterocycles. The van der Waals surface area contributed by atoms with Crippen molar-refractivity contribution in [1.82, 2.24) is 15.2 Å². The average Bonchev–Trinajstić information content (AvgIpc) is 3.58. The van der Waals surface area contributed by atoms with Gasteiger partial charge in [0.15, 0.2) is 11.5 Å². The second kappa shape index (κ2) is 17.2. The topological polar surface area (TPSA) is 84.8 Å². The Morgan fingerprint density at radius 2 is 1.81 bits per heavy atom. The predicted molar refractivity (Wildman–Crippen MR) is 191 cm³/mol. The van der Waals surface area contributed by atoms with Crippen molar-refractivity contribution in [1.29, 1.82) is 0 Å². The lowest BCUT2D eigenvalue weighted by Crippen LogP contribution is -2.45. The zero-order valence-corrected chi connectivity index (χ0v) is 27.5. The molecule has 1 amide bonds. The number of ether oxygens (including phenoxy) is 2. The van der Waals surface area contributed by atoms with E-state index in [9.17, 15) is 14.3 Å². The monoisotopic (exact) mass is 641 g/mol. The highest BCUT2D eigenvalue weighted by Crippen LogP contribution is 2.45. The zero-order valence-electron chi connectivity index (χ0n) is 27.5. The van der Waals surface area contributed by atoms with Crippen molar-refractivity contribution < 1.29 is 23.8 Å². The summed E-state index contributed by atoms with van der Waals surface area (Å²) in [5.41, 5.74) is 6.49. The van der Waals surface area contributed by atoms with Crippen LogP contribution in [0.5, 0.6) is 17.2 Å². The first-order valence-corrected chi connectivity index (χ1v) is 15.5. The number of nitrogens with zero attached hydrogens (tertiary/aromatic N) is 1. The lowest BCUT2D eigenvalue weighted by Gasteiger charge is -2.22. The first-order valence-electron chi connectivity index (χ1n) is 15.5. The van der Waals surface area contributed by atoms with Crippen LogP contribution in [-0.2, 0) is 18.4 Å². The summed E-state index contributed by atoms with van der Waals surface area (Å²) in [6.45, 7) is 6.82. The van der Waals surface area contributed by atoms with E-state index in [2.05, 4.69) is 23.6 Å². The highest BCUT2D eigenvalue weighted by molar-refractivity contribution is 6.11. The van der Waals surface area contributed by atoms with Gasteiger partial charge < -0.3 is 24.5 Å². The Bertz CT molecular complexity index is 1690. The molecule has 250 valence electrons. The Balaban J connectivity index is 0.00000600. The fourth-order valence-corrected chi connectivity index (χ4v) is 5.53. The molecule has 0 spiro atoms. The highest BCUT2D eigenvalue weighted by atomic mass is 19.1. The number of benzene rings is 2. The number of carbonyl (C=O) groups is 1. The number of hydrogen-bond acceptors (Lipinski definition) is 5. The van der Waals surface area contributed by atoms with Crippen molar-refractivity contribution in [2.75, 3.05) is 20.8 Å². The minimum atomic E-state index is -0.783. The lowest BCUT2D eigenvalue weighted by atomic mass is 9.96. The summed E-state index contributed by atoms with van der Waals surface area (Å²) < 4.78 is 27.6. The number of phenolic OH excluding ortho intramolecular Hbond substituents is 1. The van der Waals surface area contributed by atoms with E-state index in [4.69, 9.17) is 9.47 Å². The number of rotatable bonds is 14. The maximum absolute atomic E-state index is 14.8. The fraction of sp³-hybridized carbons (Fsp3) is 0.308. The Morgan fingerprint density at radius 1 is 1.09 bits per heavy atom. The molecule has 0 saturated carbocycles. The fourth-order valence-electron chi connectivity index (χ4n) is 5.53. The molecule has 0 saturated heterocycles. The Hall–Kier alpha value is -4.82. The van der Waals surface area contributed by atoms with E-state index in [1.54, 1.807) is 18.2 Å². The maximum Gasteiger partial charge on any atom is 0.242 e. The zero-order chi connectivity index (χ0) is 33.2. The number of aryl methyl sites for hydroxylation is 1. The number of hydrogen-bond donors (Lipinski definition) is 3. The van der Waals surface area contributed by atoms with Gasteiger partial charge in [0.1, 0.15) is 11.9 Å². The molecule has 2 aromatic carbocycles. The van der Waals surface area contributed by atoms with E-state index in [1.165, 1.54) is 26.4 Å². The summed E-state index contributed by atoms with van der Waals surface area (Å²) in [6.07, 6.45) is 16.2. The molecular weight excluding hydrogens is 593 g/mol. The van der Waals surface area contributed by atoms with E-state index >= 15 is 0 Å². The largest absolute Gasteiger partial charge is 0.502 e. The van der Waals surface area contributed by atoms with Crippen molar-refractivity contribution in [2.24, 2.45) is 7.05 Å². The average molecular weight is 642 g/mol. The molecular formula is C39H48FN3O4. The SMILES string of the molecule is C.C\C=C(/C=C\C=C\CCC)CNC(C(=O)NCc1cccn1C)C1=C(C)/C(=C/c2cc(OC)c(O)c(OC)c2)c2ccc(F)cc21. The van der Waals surface area contributed by atoms with Gasteiger partial charge in [-0.3, -0.25) is 10.1 Å². The molecule has 0 radical (unpaired) electrons. The first kappa shape index (κ1) is 36.6. The third-order valence-corrected chi connectivity index (χ3v) is 8.12. The van der Waals surface area contributed by atoms with Crippen molar-refractivity contribution >= 4 is 23.1 Å². The maximum atomic E-state index is 14.8. The van der Waals surface area contributed by atoms with Crippen molar-refractivity contribution in [3.8, 4) is 17.2 Å². The van der Waals surface area contributed by atoms with Crippen molar-refractivity contribution in [3.05, 3.63) is 118 Å². The van der Waals surface area contributed by atoms with Crippen LogP contribution in [0.15, 0.2) is 90.2 Å². The molecule has 1 heterocycles. The van der Waals surface area contributed by atoms with Gasteiger partial charge in [0, 0.05) is 25.5 Å². The number of amides is 1. The number of fused-ring (bicyclic) bond motifs is 1. The summed E-state index contributed by atoms with van der Waals surface area (Å²) in [5.74, 6) is -0.176. The van der Waals surface area contributed by atoms with Gasteiger partial charge >= 0.3 is 0 Å². The van der Waals surface area contributed by atoms with E-state index < -0.39 is 11.9 Å². The molecule has 4 rings (SSSR count). The molecule has 3 N–H and O–H groups in total. The summed E-state index contributed by atoms with van der Waals surface area (Å²) in [4.78, 5) is 14.0. The van der Waals surface area contributed by atoms with Crippen LogP contribution >= 0.6 is 0 Å². The molecule has 0 bridgehead atoms. The van der Waals surface area contributed by atoms with Gasteiger partial charge in [0.25, 0.3) is 0 Å². The second-order valence-electron chi connectivity index (χ2n) is 11.1. The van der Waals surface area contributed by atoms with Gasteiger partial charge in [-0.2, -0.15) is 0 Å². The smallest absolute Gasteiger partial charge is 0.242 e. The molecule has 1 unspecified atom stereocenters. The quantitative estimate of drug-likeness (QED) is 0.156. The summed E-state index contributed by atoms with van der Waals surface area (Å²) in [5, 5.41) is 17.0.